The van der Waals surface area contributed by atoms with E-state index in [0.717, 1.165) is 12.1 Å². The van der Waals surface area contributed by atoms with E-state index >= 15 is 0 Å². The maximum atomic E-state index is 12.4. The fourth-order valence-corrected chi connectivity index (χ4v) is 1.55. The van der Waals surface area contributed by atoms with Gasteiger partial charge in [0, 0.05) is 11.8 Å². The average molecular weight is 293 g/mol. The Labute approximate surface area is 118 Å². The van der Waals surface area contributed by atoms with Gasteiger partial charge in [0.05, 0.1) is 5.56 Å². The lowest BCUT2D eigenvalue weighted by molar-refractivity contribution is -0.137. The summed E-state index contributed by atoms with van der Waals surface area (Å²) in [6.07, 6.45) is -3.86. The van der Waals surface area contributed by atoms with Crippen LogP contribution < -0.4 is 5.32 Å². The summed E-state index contributed by atoms with van der Waals surface area (Å²) in [5, 5.41) is 9.93. The Morgan fingerprint density at radius 1 is 1.10 bits per heavy atom. The molecule has 0 aliphatic rings. The number of halogens is 3. The number of nitrogens with zero attached hydrogens (tertiary/aromatic N) is 1. The first-order valence-corrected chi connectivity index (χ1v) is 5.86. The summed E-state index contributed by atoms with van der Waals surface area (Å²) in [5.74, 6) is -0.889. The van der Waals surface area contributed by atoms with Gasteiger partial charge in [0.15, 0.2) is 5.84 Å². The lowest BCUT2D eigenvalue weighted by atomic mass is 10.2. The Bertz CT molecular complexity index is 651. The van der Waals surface area contributed by atoms with Crippen LogP contribution in [0.3, 0.4) is 0 Å². The van der Waals surface area contributed by atoms with Crippen LogP contribution in [0, 0.1) is 5.41 Å². The number of aromatic nitrogens is 1. The Morgan fingerprint density at radius 3 is 2.29 bits per heavy atom. The van der Waals surface area contributed by atoms with Crippen molar-refractivity contribution >= 4 is 11.7 Å². The molecule has 21 heavy (non-hydrogen) atoms. The highest BCUT2D eigenvalue weighted by Crippen LogP contribution is 2.28. The maximum Gasteiger partial charge on any atom is 0.417 e. The van der Waals surface area contributed by atoms with Gasteiger partial charge in [-0.25, -0.2) is 0 Å². The van der Waals surface area contributed by atoms with Crippen LogP contribution in [0.25, 0.3) is 0 Å². The van der Waals surface area contributed by atoms with Crippen LogP contribution >= 0.6 is 0 Å². The molecule has 108 valence electrons. The number of carbonyl (C=O) groups excluding carboxylic acids is 1. The van der Waals surface area contributed by atoms with Crippen molar-refractivity contribution < 1.29 is 18.0 Å². The molecule has 2 N–H and O–H groups in total. The minimum absolute atomic E-state index is 0.0488. The van der Waals surface area contributed by atoms with E-state index in [9.17, 15) is 18.0 Å². The highest BCUT2D eigenvalue weighted by Gasteiger charge is 2.30. The van der Waals surface area contributed by atoms with E-state index < -0.39 is 17.6 Å². The average Bonchev–Trinajstić information content (AvgIpc) is 2.47. The van der Waals surface area contributed by atoms with Crippen molar-refractivity contribution in [3.05, 3.63) is 65.5 Å². The first-order chi connectivity index (χ1) is 9.88. The van der Waals surface area contributed by atoms with E-state index in [-0.39, 0.29) is 11.5 Å². The fraction of sp³-hybridized carbons (Fsp3) is 0.0714. The summed E-state index contributed by atoms with van der Waals surface area (Å²) in [5.41, 5.74) is -0.616. The highest BCUT2D eigenvalue weighted by atomic mass is 19.4. The van der Waals surface area contributed by atoms with E-state index in [0.29, 0.717) is 11.8 Å². The molecule has 0 saturated carbocycles. The van der Waals surface area contributed by atoms with Gasteiger partial charge in [0.1, 0.15) is 5.69 Å². The van der Waals surface area contributed by atoms with Crippen LogP contribution in [-0.2, 0) is 6.18 Å². The first kappa shape index (κ1) is 14.7. The van der Waals surface area contributed by atoms with Gasteiger partial charge in [-0.2, -0.15) is 13.2 Å². The largest absolute Gasteiger partial charge is 0.417 e. The van der Waals surface area contributed by atoms with E-state index in [2.05, 4.69) is 10.3 Å². The third-order valence-electron chi connectivity index (χ3n) is 2.62. The predicted octanol–water partition coefficient (Wildman–Crippen LogP) is 2.86. The minimum Gasteiger partial charge on any atom is -0.305 e. The minimum atomic E-state index is -4.49. The number of amides is 1. The Morgan fingerprint density at radius 2 is 1.76 bits per heavy atom. The molecule has 1 heterocycles. The molecule has 1 aromatic heterocycles. The molecule has 2 rings (SSSR count). The number of nitrogens with one attached hydrogen (secondary N) is 2. The van der Waals surface area contributed by atoms with Crippen LogP contribution in [0.2, 0.25) is 0 Å². The number of alkyl halides is 3. The SMILES string of the molecule is N=C(NC(=O)c1ccccc1)c1ccc(C(F)(F)F)cn1. The summed E-state index contributed by atoms with van der Waals surface area (Å²) < 4.78 is 37.2. The number of amidine groups is 1. The third-order valence-corrected chi connectivity index (χ3v) is 2.62. The van der Waals surface area contributed by atoms with Gasteiger partial charge in [-0.1, -0.05) is 18.2 Å². The molecular weight excluding hydrogens is 283 g/mol. The van der Waals surface area contributed by atoms with Crippen molar-refractivity contribution in [3.63, 3.8) is 0 Å². The molecule has 0 aliphatic heterocycles. The van der Waals surface area contributed by atoms with Crippen LogP contribution in [0.1, 0.15) is 21.6 Å². The number of benzene rings is 1. The quantitative estimate of drug-likeness (QED) is 0.660. The van der Waals surface area contributed by atoms with Crippen LogP contribution in [-0.4, -0.2) is 16.7 Å². The molecule has 7 heteroatoms. The zero-order valence-corrected chi connectivity index (χ0v) is 10.6. The lowest BCUT2D eigenvalue weighted by Crippen LogP contribution is -2.31. The number of pyridine rings is 1. The molecule has 0 saturated heterocycles. The van der Waals surface area contributed by atoms with Crippen LogP contribution in [0.15, 0.2) is 48.7 Å². The molecule has 1 amide bonds. The number of hydrogen-bond acceptors (Lipinski definition) is 3. The Kier molecular flexibility index (Phi) is 4.02. The fourth-order valence-electron chi connectivity index (χ4n) is 1.55. The number of hydrogen-bond donors (Lipinski definition) is 2. The first-order valence-electron chi connectivity index (χ1n) is 5.86. The van der Waals surface area contributed by atoms with Gasteiger partial charge in [-0.3, -0.25) is 15.2 Å². The normalized spacial score (nSPS) is 11.0. The van der Waals surface area contributed by atoms with E-state index in [1.165, 1.54) is 0 Å². The molecule has 0 aliphatic carbocycles. The Hall–Kier alpha value is -2.70. The summed E-state index contributed by atoms with van der Waals surface area (Å²) in [6.45, 7) is 0. The number of rotatable bonds is 2. The third kappa shape index (κ3) is 3.65. The molecule has 0 unspecified atom stereocenters. The topological polar surface area (TPSA) is 65.8 Å². The second-order valence-electron chi connectivity index (χ2n) is 4.13. The lowest BCUT2D eigenvalue weighted by Gasteiger charge is -2.08. The Balaban J connectivity index is 2.09. The zero-order valence-electron chi connectivity index (χ0n) is 10.6. The molecular formula is C14H10F3N3O. The number of carbonyl (C=O) groups is 1. The van der Waals surface area contributed by atoms with Gasteiger partial charge >= 0.3 is 6.18 Å². The highest BCUT2D eigenvalue weighted by molar-refractivity contribution is 6.10. The van der Waals surface area contributed by atoms with Gasteiger partial charge < -0.3 is 5.32 Å². The summed E-state index contributed by atoms with van der Waals surface area (Å²) in [4.78, 5) is 15.3. The predicted molar refractivity (Wildman–Crippen MR) is 70.0 cm³/mol. The van der Waals surface area contributed by atoms with Crippen molar-refractivity contribution in [1.82, 2.24) is 10.3 Å². The molecule has 1 aromatic carbocycles. The standard InChI is InChI=1S/C14H10F3N3O/c15-14(16,17)10-6-7-11(19-8-10)12(18)20-13(21)9-4-2-1-3-5-9/h1-8H,(H2,18,20,21). The van der Waals surface area contributed by atoms with E-state index in [1.54, 1.807) is 30.3 Å². The molecule has 0 bridgehead atoms. The van der Waals surface area contributed by atoms with Crippen molar-refractivity contribution in [2.24, 2.45) is 0 Å². The van der Waals surface area contributed by atoms with E-state index in [4.69, 9.17) is 5.41 Å². The summed E-state index contributed by atoms with van der Waals surface area (Å²) in [7, 11) is 0. The van der Waals surface area contributed by atoms with Gasteiger partial charge in [0.25, 0.3) is 5.91 Å². The van der Waals surface area contributed by atoms with Crippen molar-refractivity contribution in [2.45, 2.75) is 6.18 Å². The smallest absolute Gasteiger partial charge is 0.305 e. The summed E-state index contributed by atoms with van der Waals surface area (Å²) >= 11 is 0. The van der Waals surface area contributed by atoms with Crippen molar-refractivity contribution in [1.29, 1.82) is 5.41 Å². The summed E-state index contributed by atoms with van der Waals surface area (Å²) in [6, 6.07) is 10.0. The zero-order chi connectivity index (χ0) is 15.5. The monoisotopic (exact) mass is 293 g/mol. The van der Waals surface area contributed by atoms with Gasteiger partial charge in [0.2, 0.25) is 0 Å². The van der Waals surface area contributed by atoms with Crippen molar-refractivity contribution in [3.8, 4) is 0 Å². The molecule has 2 aromatic rings. The van der Waals surface area contributed by atoms with Crippen LogP contribution in [0.5, 0.6) is 0 Å². The van der Waals surface area contributed by atoms with Gasteiger partial charge in [-0.15, -0.1) is 0 Å². The second-order valence-corrected chi connectivity index (χ2v) is 4.13. The molecule has 0 atom stereocenters. The molecule has 0 spiro atoms. The molecule has 4 nitrogen and oxygen atoms in total. The molecule has 0 radical (unpaired) electrons. The molecule has 0 fully saturated rings. The van der Waals surface area contributed by atoms with Crippen LogP contribution in [0.4, 0.5) is 13.2 Å². The second kappa shape index (κ2) is 5.74. The maximum absolute atomic E-state index is 12.4. The van der Waals surface area contributed by atoms with Crippen molar-refractivity contribution in [2.75, 3.05) is 0 Å². The van der Waals surface area contributed by atoms with Gasteiger partial charge in [-0.05, 0) is 24.3 Å². The van der Waals surface area contributed by atoms with E-state index in [1.807, 2.05) is 0 Å².